The summed E-state index contributed by atoms with van der Waals surface area (Å²) in [5.41, 5.74) is -7.40. The first-order chi connectivity index (χ1) is 17.2. The fraction of sp³-hybridized carbons (Fsp3) is 0.238. The van der Waals surface area contributed by atoms with Crippen molar-refractivity contribution in [2.75, 3.05) is 11.9 Å². The number of aliphatic hydroxyl groups is 1. The number of rotatable bonds is 8. The largest absolute Gasteiger partial charge is 0.482 e. The van der Waals surface area contributed by atoms with Gasteiger partial charge in [0.15, 0.2) is 6.61 Å². The number of halogens is 8. The van der Waals surface area contributed by atoms with Gasteiger partial charge in [-0.1, -0.05) is 0 Å². The second-order valence-corrected chi connectivity index (χ2v) is 7.29. The van der Waals surface area contributed by atoms with E-state index >= 15 is 0 Å². The number of anilines is 1. The molecule has 0 saturated heterocycles. The van der Waals surface area contributed by atoms with Gasteiger partial charge in [-0.25, -0.2) is 22.0 Å². The Labute approximate surface area is 201 Å². The van der Waals surface area contributed by atoms with Gasteiger partial charge in [0.2, 0.25) is 5.60 Å². The summed E-state index contributed by atoms with van der Waals surface area (Å²) in [6, 6.07) is 4.69. The van der Waals surface area contributed by atoms with Gasteiger partial charge in [-0.15, -0.1) is 0 Å². The molecule has 3 rings (SSSR count). The third-order valence-electron chi connectivity index (χ3n) is 4.73. The molecule has 0 unspecified atom stereocenters. The molecule has 1 amide bonds. The molecule has 16 heteroatoms. The number of carbonyl (C=O) groups is 1. The van der Waals surface area contributed by atoms with E-state index in [1.165, 1.54) is 0 Å². The highest BCUT2D eigenvalue weighted by atomic mass is 19.4. The molecule has 0 fully saturated rings. The molecule has 0 aliphatic carbocycles. The molecule has 0 spiro atoms. The predicted molar refractivity (Wildman–Crippen MR) is 109 cm³/mol. The SMILES string of the molecule is O=C(Nc1ccc(C(O)(C(F)F)C(F)F)nc1)c1ccnn(-c2ccc(F)cc2OCC(F)(F)F)c1=O. The predicted octanol–water partition coefficient (Wildman–Crippen LogP) is 3.68. The number of nitrogens with one attached hydrogen (secondary N) is 1. The highest BCUT2D eigenvalue weighted by Crippen LogP contribution is 2.33. The van der Waals surface area contributed by atoms with Gasteiger partial charge < -0.3 is 15.2 Å². The molecule has 1 aromatic carbocycles. The van der Waals surface area contributed by atoms with Crippen LogP contribution < -0.4 is 15.6 Å². The van der Waals surface area contributed by atoms with Gasteiger partial charge in [0.05, 0.1) is 17.6 Å². The summed E-state index contributed by atoms with van der Waals surface area (Å²) >= 11 is 0. The molecule has 0 saturated carbocycles. The second kappa shape index (κ2) is 10.5. The van der Waals surface area contributed by atoms with Gasteiger partial charge in [-0.3, -0.25) is 14.6 Å². The lowest BCUT2D eigenvalue weighted by atomic mass is 10.0. The fourth-order valence-electron chi connectivity index (χ4n) is 2.92. The van der Waals surface area contributed by atoms with Crippen LogP contribution in [-0.4, -0.2) is 51.4 Å². The number of pyridine rings is 1. The summed E-state index contributed by atoms with van der Waals surface area (Å²) in [6.45, 7) is -1.81. The van der Waals surface area contributed by atoms with Crippen LogP contribution in [0.25, 0.3) is 5.69 Å². The quantitative estimate of drug-likeness (QED) is 0.424. The average molecular weight is 538 g/mol. The summed E-state index contributed by atoms with van der Waals surface area (Å²) in [4.78, 5) is 28.8. The first kappa shape index (κ1) is 27.5. The minimum absolute atomic E-state index is 0.252. The van der Waals surface area contributed by atoms with Gasteiger partial charge in [0, 0.05) is 12.3 Å². The van der Waals surface area contributed by atoms with E-state index in [-0.39, 0.29) is 5.69 Å². The van der Waals surface area contributed by atoms with E-state index in [2.05, 4.69) is 20.1 Å². The van der Waals surface area contributed by atoms with Crippen LogP contribution in [0, 0.1) is 5.82 Å². The maximum Gasteiger partial charge on any atom is 0.422 e. The van der Waals surface area contributed by atoms with Crippen molar-refractivity contribution in [3.63, 3.8) is 0 Å². The van der Waals surface area contributed by atoms with Crippen LogP contribution in [0.1, 0.15) is 16.1 Å². The average Bonchev–Trinajstić information content (AvgIpc) is 2.82. The lowest BCUT2D eigenvalue weighted by molar-refractivity contribution is -0.185. The zero-order chi connectivity index (χ0) is 27.5. The maximum absolute atomic E-state index is 13.6. The van der Waals surface area contributed by atoms with Crippen LogP contribution in [0.15, 0.2) is 53.6 Å². The lowest BCUT2D eigenvalue weighted by Gasteiger charge is -2.25. The van der Waals surface area contributed by atoms with Gasteiger partial charge in [-0.05, 0) is 30.3 Å². The summed E-state index contributed by atoms with van der Waals surface area (Å²) < 4.78 is 108. The Kier molecular flexibility index (Phi) is 7.80. The Morgan fingerprint density at radius 2 is 1.76 bits per heavy atom. The number of carbonyl (C=O) groups excluding carboxylic acids is 1. The molecule has 0 aliphatic heterocycles. The number of amides is 1. The van der Waals surface area contributed by atoms with Gasteiger partial charge in [-0.2, -0.15) is 23.0 Å². The van der Waals surface area contributed by atoms with Crippen molar-refractivity contribution in [1.29, 1.82) is 0 Å². The summed E-state index contributed by atoms with van der Waals surface area (Å²) in [5, 5.41) is 15.4. The molecular weight excluding hydrogens is 524 g/mol. The zero-order valence-electron chi connectivity index (χ0n) is 18.0. The van der Waals surface area contributed by atoms with Crippen molar-refractivity contribution in [3.05, 3.63) is 76.2 Å². The van der Waals surface area contributed by atoms with Crippen LogP contribution in [-0.2, 0) is 5.60 Å². The smallest absolute Gasteiger partial charge is 0.422 e. The molecule has 8 nitrogen and oxygen atoms in total. The highest BCUT2D eigenvalue weighted by molar-refractivity contribution is 6.03. The first-order valence-electron chi connectivity index (χ1n) is 9.88. The first-order valence-corrected chi connectivity index (χ1v) is 9.88. The zero-order valence-corrected chi connectivity index (χ0v) is 18.0. The van der Waals surface area contributed by atoms with Crippen LogP contribution in [0.3, 0.4) is 0 Å². The fourth-order valence-corrected chi connectivity index (χ4v) is 2.92. The molecule has 2 N–H and O–H groups in total. The molecule has 0 atom stereocenters. The Bertz CT molecular complexity index is 1320. The van der Waals surface area contributed by atoms with E-state index in [0.29, 0.717) is 23.0 Å². The van der Waals surface area contributed by atoms with Crippen LogP contribution in [0.4, 0.5) is 40.8 Å². The minimum atomic E-state index is -4.78. The molecule has 3 aromatic rings. The molecule has 2 heterocycles. The lowest BCUT2D eigenvalue weighted by Crippen LogP contribution is -2.42. The van der Waals surface area contributed by atoms with Crippen molar-refractivity contribution in [2.45, 2.75) is 24.6 Å². The van der Waals surface area contributed by atoms with Crippen LogP contribution in [0.5, 0.6) is 5.75 Å². The number of hydrogen-bond donors (Lipinski definition) is 2. The van der Waals surface area contributed by atoms with E-state index in [1.807, 2.05) is 0 Å². The van der Waals surface area contributed by atoms with Gasteiger partial charge in [0.1, 0.15) is 22.8 Å². The molecular formula is C21H14F8N4O4. The Balaban J connectivity index is 1.89. The molecule has 198 valence electrons. The van der Waals surface area contributed by atoms with Crippen LogP contribution in [0.2, 0.25) is 0 Å². The highest BCUT2D eigenvalue weighted by Gasteiger charge is 2.50. The van der Waals surface area contributed by atoms with E-state index in [9.17, 15) is 49.8 Å². The Morgan fingerprint density at radius 1 is 1.08 bits per heavy atom. The van der Waals surface area contributed by atoms with Crippen molar-refractivity contribution in [2.24, 2.45) is 0 Å². The van der Waals surface area contributed by atoms with Crippen molar-refractivity contribution < 1.29 is 49.8 Å². The maximum atomic E-state index is 13.6. The summed E-state index contributed by atoms with van der Waals surface area (Å²) in [6.07, 6.45) is -10.9. The second-order valence-electron chi connectivity index (χ2n) is 7.29. The van der Waals surface area contributed by atoms with E-state index < -0.39 is 71.2 Å². The number of nitrogens with zero attached hydrogens (tertiary/aromatic N) is 3. The Hall–Kier alpha value is -4.08. The Morgan fingerprint density at radius 3 is 2.32 bits per heavy atom. The van der Waals surface area contributed by atoms with Crippen molar-refractivity contribution in [1.82, 2.24) is 14.8 Å². The number of ether oxygens (including phenoxy) is 1. The number of alkyl halides is 7. The molecule has 0 radical (unpaired) electrons. The van der Waals surface area contributed by atoms with E-state index in [0.717, 1.165) is 30.5 Å². The third kappa shape index (κ3) is 6.02. The third-order valence-corrected chi connectivity index (χ3v) is 4.73. The number of benzene rings is 1. The minimum Gasteiger partial charge on any atom is -0.482 e. The molecule has 0 bridgehead atoms. The normalized spacial score (nSPS) is 12.2. The molecule has 2 aromatic heterocycles. The standard InChI is InChI=1S/C21H14F8N4O4/c22-10-1-3-13(14(7-10)37-9-20(27,28)29)33-17(35)12(5-6-31-33)16(34)32-11-2-4-15(30-8-11)21(36,18(23)24)19(25)26/h1-8,18-19,36H,9H2,(H,32,34). The topological polar surface area (TPSA) is 106 Å². The summed E-state index contributed by atoms with van der Waals surface area (Å²) in [5.74, 6) is -2.81. The van der Waals surface area contributed by atoms with Gasteiger partial charge >= 0.3 is 6.18 Å². The monoisotopic (exact) mass is 538 g/mol. The molecule has 37 heavy (non-hydrogen) atoms. The van der Waals surface area contributed by atoms with Crippen molar-refractivity contribution >= 4 is 11.6 Å². The molecule has 0 aliphatic rings. The number of hydrogen-bond acceptors (Lipinski definition) is 6. The van der Waals surface area contributed by atoms with Crippen molar-refractivity contribution in [3.8, 4) is 11.4 Å². The summed E-state index contributed by atoms with van der Waals surface area (Å²) in [7, 11) is 0. The van der Waals surface area contributed by atoms with Crippen LogP contribution >= 0.6 is 0 Å². The van der Waals surface area contributed by atoms with E-state index in [4.69, 9.17) is 0 Å². The number of aromatic nitrogens is 3. The van der Waals surface area contributed by atoms with E-state index in [1.54, 1.807) is 0 Å². The van der Waals surface area contributed by atoms with Gasteiger partial charge in [0.25, 0.3) is 24.3 Å².